The first-order valence-electron chi connectivity index (χ1n) is 12.9. The SMILES string of the molecule is CCCCc1ccc(N2CC(C(=O)N3CCC4(CC3)CC(=O)c3cc(C)ccc3O4)CC2=O)cc1. The lowest BCUT2D eigenvalue weighted by molar-refractivity contribution is -0.139. The van der Waals surface area contributed by atoms with Gasteiger partial charge in [0.2, 0.25) is 11.8 Å². The Morgan fingerprint density at radius 3 is 2.54 bits per heavy atom. The maximum absolute atomic E-state index is 13.3. The van der Waals surface area contributed by atoms with E-state index in [1.54, 1.807) is 4.90 Å². The van der Waals surface area contributed by atoms with Crippen molar-refractivity contribution in [2.24, 2.45) is 5.92 Å². The van der Waals surface area contributed by atoms with Crippen LogP contribution in [0, 0.1) is 12.8 Å². The minimum absolute atomic E-state index is 0.00579. The van der Waals surface area contributed by atoms with E-state index in [1.807, 2.05) is 42.2 Å². The molecule has 0 bridgehead atoms. The zero-order valence-corrected chi connectivity index (χ0v) is 20.7. The lowest BCUT2D eigenvalue weighted by atomic mass is 9.82. The molecule has 2 aromatic rings. The molecule has 1 unspecified atom stereocenters. The molecular weight excluding hydrogens is 440 g/mol. The molecule has 0 radical (unpaired) electrons. The molecule has 3 aliphatic heterocycles. The number of piperidine rings is 1. The van der Waals surface area contributed by atoms with Crippen molar-refractivity contribution in [3.05, 3.63) is 59.2 Å². The van der Waals surface area contributed by atoms with Crippen molar-refractivity contribution in [1.82, 2.24) is 4.90 Å². The Bertz CT molecular complexity index is 1130. The number of ketones is 1. The third-order valence-corrected chi connectivity index (χ3v) is 7.77. The summed E-state index contributed by atoms with van der Waals surface area (Å²) in [6.07, 6.45) is 5.21. The van der Waals surface area contributed by atoms with Crippen LogP contribution < -0.4 is 9.64 Å². The van der Waals surface area contributed by atoms with Gasteiger partial charge in [-0.1, -0.05) is 37.1 Å². The van der Waals surface area contributed by atoms with E-state index in [0.29, 0.717) is 50.2 Å². The molecule has 2 fully saturated rings. The number of hydrogen-bond donors (Lipinski definition) is 0. The van der Waals surface area contributed by atoms with Crippen LogP contribution >= 0.6 is 0 Å². The highest BCUT2D eigenvalue weighted by Gasteiger charge is 2.45. The summed E-state index contributed by atoms with van der Waals surface area (Å²) in [4.78, 5) is 42.5. The van der Waals surface area contributed by atoms with E-state index >= 15 is 0 Å². The number of amides is 2. The number of ether oxygens (including phenoxy) is 1. The number of benzene rings is 2. The van der Waals surface area contributed by atoms with Crippen LogP contribution in [0.1, 0.15) is 66.9 Å². The molecule has 1 atom stereocenters. The van der Waals surface area contributed by atoms with Crippen LogP contribution in [-0.4, -0.2) is 47.7 Å². The summed E-state index contributed by atoms with van der Waals surface area (Å²) < 4.78 is 6.34. The van der Waals surface area contributed by atoms with Gasteiger partial charge in [-0.05, 0) is 49.6 Å². The number of carbonyl (C=O) groups excluding carboxylic acids is 3. The third-order valence-electron chi connectivity index (χ3n) is 7.77. The number of aryl methyl sites for hydroxylation is 2. The van der Waals surface area contributed by atoms with Crippen molar-refractivity contribution in [2.75, 3.05) is 24.5 Å². The van der Waals surface area contributed by atoms with Gasteiger partial charge < -0.3 is 14.5 Å². The van der Waals surface area contributed by atoms with Gasteiger partial charge >= 0.3 is 0 Å². The fourth-order valence-corrected chi connectivity index (χ4v) is 5.63. The lowest BCUT2D eigenvalue weighted by Gasteiger charge is -2.44. The molecule has 2 aromatic carbocycles. The average molecular weight is 475 g/mol. The second-order valence-electron chi connectivity index (χ2n) is 10.4. The number of rotatable bonds is 5. The Labute approximate surface area is 207 Å². The van der Waals surface area contributed by atoms with Crippen LogP contribution in [-0.2, 0) is 16.0 Å². The van der Waals surface area contributed by atoms with Crippen molar-refractivity contribution in [3.63, 3.8) is 0 Å². The smallest absolute Gasteiger partial charge is 0.228 e. The molecule has 3 aliphatic rings. The quantitative estimate of drug-likeness (QED) is 0.629. The van der Waals surface area contributed by atoms with Crippen LogP contribution in [0.4, 0.5) is 5.69 Å². The molecule has 6 nitrogen and oxygen atoms in total. The molecule has 0 aromatic heterocycles. The topological polar surface area (TPSA) is 66.9 Å². The van der Waals surface area contributed by atoms with Gasteiger partial charge in [0, 0.05) is 44.6 Å². The molecular formula is C29H34N2O4. The van der Waals surface area contributed by atoms with E-state index in [0.717, 1.165) is 30.5 Å². The Morgan fingerprint density at radius 2 is 1.83 bits per heavy atom. The number of hydrogen-bond acceptors (Lipinski definition) is 4. The molecule has 1 spiro atoms. The number of unbranched alkanes of at least 4 members (excludes halogenated alkanes) is 1. The monoisotopic (exact) mass is 474 g/mol. The summed E-state index contributed by atoms with van der Waals surface area (Å²) in [5, 5.41) is 0. The van der Waals surface area contributed by atoms with E-state index in [2.05, 4.69) is 19.1 Å². The molecule has 184 valence electrons. The molecule has 6 heteroatoms. The van der Waals surface area contributed by atoms with E-state index in [9.17, 15) is 14.4 Å². The van der Waals surface area contributed by atoms with Gasteiger partial charge in [-0.25, -0.2) is 0 Å². The van der Waals surface area contributed by atoms with E-state index < -0.39 is 5.60 Å². The predicted octanol–water partition coefficient (Wildman–Crippen LogP) is 4.72. The van der Waals surface area contributed by atoms with Gasteiger partial charge in [-0.15, -0.1) is 0 Å². The maximum Gasteiger partial charge on any atom is 0.228 e. The van der Waals surface area contributed by atoms with E-state index in [-0.39, 0.29) is 29.9 Å². The summed E-state index contributed by atoms with van der Waals surface area (Å²) in [6, 6.07) is 13.9. The lowest BCUT2D eigenvalue weighted by Crippen LogP contribution is -2.53. The number of Topliss-reactive ketones (excluding diaryl/α,β-unsaturated/α-hetero) is 1. The molecule has 3 heterocycles. The standard InChI is InChI=1S/C29H34N2O4/c1-3-4-5-21-7-9-23(10-8-21)31-19-22(17-27(31)33)28(34)30-14-12-29(13-15-30)18-25(32)24-16-20(2)6-11-26(24)35-29/h6-11,16,22H,3-5,12-15,17-19H2,1-2H3. The Morgan fingerprint density at radius 1 is 1.09 bits per heavy atom. The highest BCUT2D eigenvalue weighted by Crippen LogP contribution is 2.40. The fourth-order valence-electron chi connectivity index (χ4n) is 5.63. The normalized spacial score (nSPS) is 21.3. The van der Waals surface area contributed by atoms with E-state index in [4.69, 9.17) is 4.74 Å². The molecule has 0 aliphatic carbocycles. The zero-order chi connectivity index (χ0) is 24.6. The second kappa shape index (κ2) is 9.48. The molecule has 35 heavy (non-hydrogen) atoms. The number of carbonyl (C=O) groups is 3. The first kappa shape index (κ1) is 23.6. The Balaban J connectivity index is 1.20. The number of fused-ring (bicyclic) bond motifs is 1. The first-order chi connectivity index (χ1) is 16.9. The highest BCUT2D eigenvalue weighted by molar-refractivity contribution is 6.01. The van der Waals surface area contributed by atoms with Gasteiger partial charge in [0.25, 0.3) is 0 Å². The average Bonchev–Trinajstić information content (AvgIpc) is 3.25. The van der Waals surface area contributed by atoms with Gasteiger partial charge in [-0.2, -0.15) is 0 Å². The van der Waals surface area contributed by atoms with Crippen molar-refractivity contribution < 1.29 is 19.1 Å². The van der Waals surface area contributed by atoms with Crippen molar-refractivity contribution in [1.29, 1.82) is 0 Å². The molecule has 0 N–H and O–H groups in total. The minimum Gasteiger partial charge on any atom is -0.486 e. The summed E-state index contributed by atoms with van der Waals surface area (Å²) in [5.74, 6) is 0.491. The number of anilines is 1. The largest absolute Gasteiger partial charge is 0.486 e. The molecule has 5 rings (SSSR count). The van der Waals surface area contributed by atoms with Crippen LogP contribution in [0.3, 0.4) is 0 Å². The highest BCUT2D eigenvalue weighted by atomic mass is 16.5. The summed E-state index contributed by atoms with van der Waals surface area (Å²) in [7, 11) is 0. The zero-order valence-electron chi connectivity index (χ0n) is 20.7. The van der Waals surface area contributed by atoms with Gasteiger partial charge in [-0.3, -0.25) is 14.4 Å². The van der Waals surface area contributed by atoms with Gasteiger partial charge in [0.05, 0.1) is 17.9 Å². The van der Waals surface area contributed by atoms with Crippen molar-refractivity contribution >= 4 is 23.3 Å². The van der Waals surface area contributed by atoms with Gasteiger partial charge in [0.1, 0.15) is 11.4 Å². The fraction of sp³-hybridized carbons (Fsp3) is 0.483. The summed E-state index contributed by atoms with van der Waals surface area (Å²) in [6.45, 7) is 5.67. The minimum atomic E-state index is -0.535. The van der Waals surface area contributed by atoms with Crippen LogP contribution in [0.25, 0.3) is 0 Å². The van der Waals surface area contributed by atoms with E-state index in [1.165, 1.54) is 5.56 Å². The van der Waals surface area contributed by atoms with Crippen LogP contribution in [0.5, 0.6) is 5.75 Å². The second-order valence-corrected chi connectivity index (χ2v) is 10.4. The van der Waals surface area contributed by atoms with Crippen LogP contribution in [0.15, 0.2) is 42.5 Å². The number of nitrogens with zero attached hydrogens (tertiary/aromatic N) is 2. The Hall–Kier alpha value is -3.15. The third kappa shape index (κ3) is 4.71. The van der Waals surface area contributed by atoms with Crippen molar-refractivity contribution in [2.45, 2.75) is 64.4 Å². The predicted molar refractivity (Wildman–Crippen MR) is 135 cm³/mol. The van der Waals surface area contributed by atoms with Gasteiger partial charge in [0.15, 0.2) is 5.78 Å². The molecule has 0 saturated carbocycles. The molecule has 2 amide bonds. The number of likely N-dealkylation sites (tertiary alicyclic amines) is 1. The van der Waals surface area contributed by atoms with Crippen LogP contribution in [0.2, 0.25) is 0 Å². The Kier molecular flexibility index (Phi) is 6.39. The van der Waals surface area contributed by atoms with Crippen molar-refractivity contribution in [3.8, 4) is 5.75 Å². The molecule has 2 saturated heterocycles. The first-order valence-corrected chi connectivity index (χ1v) is 12.9. The summed E-state index contributed by atoms with van der Waals surface area (Å²) >= 11 is 0. The maximum atomic E-state index is 13.3. The summed E-state index contributed by atoms with van der Waals surface area (Å²) in [5.41, 5.74) is 3.32.